The van der Waals surface area contributed by atoms with Crippen molar-refractivity contribution in [1.82, 2.24) is 14.9 Å². The molecule has 0 saturated heterocycles. The predicted molar refractivity (Wildman–Crippen MR) is 120 cm³/mol. The van der Waals surface area contributed by atoms with E-state index in [9.17, 15) is 19.5 Å². The molecule has 160 valence electrons. The number of rotatable bonds is 7. The monoisotopic (exact) mass is 427 g/mol. The number of amides is 1. The van der Waals surface area contributed by atoms with Crippen LogP contribution in [0.25, 0.3) is 10.9 Å². The van der Waals surface area contributed by atoms with Gasteiger partial charge in [0.1, 0.15) is 12.1 Å². The van der Waals surface area contributed by atoms with Crippen LogP contribution in [0.15, 0.2) is 96.1 Å². The molecular weight excluding hydrogens is 406 g/mol. The molecule has 4 aromatic rings. The normalized spacial score (nSPS) is 12.8. The van der Waals surface area contributed by atoms with E-state index in [1.807, 2.05) is 18.2 Å². The zero-order chi connectivity index (χ0) is 22.5. The highest BCUT2D eigenvalue weighted by Crippen LogP contribution is 2.19. The number of hydrogen-bond donors (Lipinski definition) is 2. The Hall–Kier alpha value is -4.26. The van der Waals surface area contributed by atoms with Crippen molar-refractivity contribution in [3.8, 4) is 0 Å². The third-order valence-electron chi connectivity index (χ3n) is 5.23. The van der Waals surface area contributed by atoms with Crippen LogP contribution in [-0.2, 0) is 16.0 Å². The van der Waals surface area contributed by atoms with Crippen LogP contribution in [0.5, 0.6) is 0 Å². The van der Waals surface area contributed by atoms with E-state index < -0.39 is 24.0 Å². The minimum atomic E-state index is -1.15. The number of carbonyl (C=O) groups is 2. The molecule has 1 amide bonds. The fourth-order valence-corrected chi connectivity index (χ4v) is 3.64. The minimum Gasteiger partial charge on any atom is -0.480 e. The number of aromatic nitrogens is 2. The molecule has 2 unspecified atom stereocenters. The molecule has 1 aromatic heterocycles. The van der Waals surface area contributed by atoms with Gasteiger partial charge in [0.25, 0.3) is 5.56 Å². The first-order chi connectivity index (χ1) is 15.5. The maximum atomic E-state index is 13.4. The third kappa shape index (κ3) is 4.41. The van der Waals surface area contributed by atoms with Crippen LogP contribution in [-0.4, -0.2) is 32.6 Å². The maximum Gasteiger partial charge on any atom is 0.326 e. The number of carbonyl (C=O) groups excluding carboxylic acids is 1. The molecule has 7 nitrogen and oxygen atoms in total. The van der Waals surface area contributed by atoms with Gasteiger partial charge in [0.05, 0.1) is 17.2 Å². The smallest absolute Gasteiger partial charge is 0.326 e. The topological polar surface area (TPSA) is 101 Å². The maximum absolute atomic E-state index is 13.4. The van der Waals surface area contributed by atoms with E-state index in [-0.39, 0.29) is 12.0 Å². The summed E-state index contributed by atoms with van der Waals surface area (Å²) in [6.45, 7) is 0. The Labute approximate surface area is 184 Å². The van der Waals surface area contributed by atoms with E-state index in [1.54, 1.807) is 66.7 Å². The fraction of sp³-hybridized carbons (Fsp3) is 0.120. The first kappa shape index (κ1) is 21.0. The van der Waals surface area contributed by atoms with Crippen LogP contribution in [0.4, 0.5) is 0 Å². The van der Waals surface area contributed by atoms with Crippen molar-refractivity contribution in [2.45, 2.75) is 18.5 Å². The summed E-state index contributed by atoms with van der Waals surface area (Å²) < 4.78 is 1.24. The zero-order valence-corrected chi connectivity index (χ0v) is 17.1. The summed E-state index contributed by atoms with van der Waals surface area (Å²) in [6, 6.07) is 22.5. The van der Waals surface area contributed by atoms with Gasteiger partial charge in [-0.3, -0.25) is 14.2 Å². The Morgan fingerprint density at radius 3 is 2.22 bits per heavy atom. The lowest BCUT2D eigenvalue weighted by atomic mass is 10.0. The highest BCUT2D eigenvalue weighted by atomic mass is 16.4. The molecule has 7 heteroatoms. The standard InChI is InChI=1S/C25H21N3O4/c29-23(27-21(25(31)32)15-17-9-3-1-4-10-17)22(18-11-5-2-6-12-18)28-16-26-20-14-8-7-13-19(20)24(28)30/h1-14,16,21-22H,15H2,(H,27,29)(H,31,32). The molecule has 0 bridgehead atoms. The predicted octanol–water partition coefficient (Wildman–Crippen LogP) is 2.80. The number of aliphatic carboxylic acids is 1. The van der Waals surface area contributed by atoms with Crippen molar-refractivity contribution in [3.63, 3.8) is 0 Å². The number of para-hydroxylation sites is 1. The third-order valence-corrected chi connectivity index (χ3v) is 5.23. The van der Waals surface area contributed by atoms with Gasteiger partial charge in [-0.2, -0.15) is 0 Å². The van der Waals surface area contributed by atoms with E-state index in [4.69, 9.17) is 0 Å². The summed E-state index contributed by atoms with van der Waals surface area (Å²) in [5.41, 5.74) is 1.47. The Bertz CT molecular complexity index is 1300. The largest absolute Gasteiger partial charge is 0.480 e. The molecule has 0 fully saturated rings. The molecule has 3 aromatic carbocycles. The molecule has 0 aliphatic rings. The summed E-state index contributed by atoms with van der Waals surface area (Å²) >= 11 is 0. The molecule has 32 heavy (non-hydrogen) atoms. The molecule has 0 saturated carbocycles. The van der Waals surface area contributed by atoms with E-state index in [0.29, 0.717) is 16.5 Å². The second-order valence-electron chi connectivity index (χ2n) is 7.38. The molecular formula is C25H21N3O4. The number of hydrogen-bond acceptors (Lipinski definition) is 4. The Morgan fingerprint density at radius 2 is 1.53 bits per heavy atom. The lowest BCUT2D eigenvalue weighted by Crippen LogP contribution is -2.47. The molecule has 0 aliphatic carbocycles. The molecule has 2 atom stereocenters. The van der Waals surface area contributed by atoms with Gasteiger partial charge in [-0.05, 0) is 23.3 Å². The van der Waals surface area contributed by atoms with Gasteiger partial charge in [0, 0.05) is 6.42 Å². The van der Waals surface area contributed by atoms with E-state index in [2.05, 4.69) is 10.3 Å². The second-order valence-corrected chi connectivity index (χ2v) is 7.38. The quantitative estimate of drug-likeness (QED) is 0.472. The highest BCUT2D eigenvalue weighted by Gasteiger charge is 2.29. The van der Waals surface area contributed by atoms with Gasteiger partial charge in [0.2, 0.25) is 5.91 Å². The van der Waals surface area contributed by atoms with Crippen molar-refractivity contribution in [1.29, 1.82) is 0 Å². The summed E-state index contributed by atoms with van der Waals surface area (Å²) in [5.74, 6) is -1.75. The number of benzene rings is 3. The lowest BCUT2D eigenvalue weighted by Gasteiger charge is -2.22. The van der Waals surface area contributed by atoms with Crippen molar-refractivity contribution < 1.29 is 14.7 Å². The molecule has 1 heterocycles. The number of carboxylic acids is 1. The number of nitrogens with one attached hydrogen (secondary N) is 1. The van der Waals surface area contributed by atoms with Crippen LogP contribution in [0.2, 0.25) is 0 Å². The van der Waals surface area contributed by atoms with Crippen LogP contribution in [0.3, 0.4) is 0 Å². The Balaban J connectivity index is 1.73. The number of nitrogens with zero attached hydrogens (tertiary/aromatic N) is 2. The van der Waals surface area contributed by atoms with Gasteiger partial charge < -0.3 is 10.4 Å². The van der Waals surface area contributed by atoms with Crippen molar-refractivity contribution in [2.75, 3.05) is 0 Å². The number of carboxylic acid groups (broad SMARTS) is 1. The van der Waals surface area contributed by atoms with Crippen molar-refractivity contribution >= 4 is 22.8 Å². The van der Waals surface area contributed by atoms with Crippen molar-refractivity contribution in [2.24, 2.45) is 0 Å². The van der Waals surface area contributed by atoms with Gasteiger partial charge in [0.15, 0.2) is 0 Å². The van der Waals surface area contributed by atoms with Gasteiger partial charge in [-0.15, -0.1) is 0 Å². The van der Waals surface area contributed by atoms with Crippen LogP contribution < -0.4 is 10.9 Å². The SMILES string of the molecule is O=C(O)C(Cc1ccccc1)NC(=O)C(c1ccccc1)n1cnc2ccccc2c1=O. The van der Waals surface area contributed by atoms with Gasteiger partial charge in [-0.25, -0.2) is 9.78 Å². The number of fused-ring (bicyclic) bond motifs is 1. The molecule has 0 spiro atoms. The lowest BCUT2D eigenvalue weighted by molar-refractivity contribution is -0.142. The van der Waals surface area contributed by atoms with Crippen LogP contribution in [0, 0.1) is 0 Å². The summed E-state index contributed by atoms with van der Waals surface area (Å²) in [5, 5.41) is 12.7. The first-order valence-corrected chi connectivity index (χ1v) is 10.1. The second kappa shape index (κ2) is 9.26. The molecule has 0 aliphatic heterocycles. The Morgan fingerprint density at radius 1 is 0.906 bits per heavy atom. The molecule has 4 rings (SSSR count). The van der Waals surface area contributed by atoms with E-state index in [1.165, 1.54) is 10.9 Å². The minimum absolute atomic E-state index is 0.119. The summed E-state index contributed by atoms with van der Waals surface area (Å²) in [4.78, 5) is 42.8. The van der Waals surface area contributed by atoms with Gasteiger partial charge in [-0.1, -0.05) is 72.8 Å². The van der Waals surface area contributed by atoms with E-state index >= 15 is 0 Å². The summed E-state index contributed by atoms with van der Waals surface area (Å²) in [6.07, 6.45) is 1.45. The molecule has 2 N–H and O–H groups in total. The Kier molecular flexibility index (Phi) is 6.07. The van der Waals surface area contributed by atoms with Crippen LogP contribution >= 0.6 is 0 Å². The zero-order valence-electron chi connectivity index (χ0n) is 17.1. The van der Waals surface area contributed by atoms with Crippen molar-refractivity contribution in [3.05, 3.63) is 113 Å². The molecule has 0 radical (unpaired) electrons. The van der Waals surface area contributed by atoms with Gasteiger partial charge >= 0.3 is 5.97 Å². The van der Waals surface area contributed by atoms with Crippen LogP contribution in [0.1, 0.15) is 17.2 Å². The fourth-order valence-electron chi connectivity index (χ4n) is 3.64. The highest BCUT2D eigenvalue weighted by molar-refractivity contribution is 5.88. The average Bonchev–Trinajstić information content (AvgIpc) is 2.82. The van der Waals surface area contributed by atoms with E-state index in [0.717, 1.165) is 5.56 Å². The first-order valence-electron chi connectivity index (χ1n) is 10.1. The average molecular weight is 427 g/mol. The summed E-state index contributed by atoms with van der Waals surface area (Å²) in [7, 11) is 0.